The van der Waals surface area contributed by atoms with Crippen molar-refractivity contribution in [1.29, 1.82) is 0 Å². The van der Waals surface area contributed by atoms with Gasteiger partial charge in [-0.15, -0.1) is 5.10 Å². The standard InChI is InChI=1S/C16H28N4O6/c1-3-6-23-9-11-26-16(22)17-12-14-13-20(19-18-14)5-7-24-8-10-25-15(21)4-2/h13H,3-12H2,1-2H3,(H,17,22). The Kier molecular flexibility index (Phi) is 11.8. The highest BCUT2D eigenvalue weighted by Gasteiger charge is 2.05. The molecule has 10 heteroatoms. The molecule has 0 spiro atoms. The van der Waals surface area contributed by atoms with Crippen LogP contribution in [0.1, 0.15) is 32.4 Å². The molecule has 0 aromatic carbocycles. The molecule has 0 unspecified atom stereocenters. The molecule has 10 nitrogen and oxygen atoms in total. The monoisotopic (exact) mass is 372 g/mol. The van der Waals surface area contributed by atoms with Gasteiger partial charge in [0.15, 0.2) is 0 Å². The van der Waals surface area contributed by atoms with Crippen molar-refractivity contribution in [1.82, 2.24) is 20.3 Å². The molecule has 0 aliphatic carbocycles. The van der Waals surface area contributed by atoms with Gasteiger partial charge in [0.1, 0.15) is 18.9 Å². The molecular weight excluding hydrogens is 344 g/mol. The molecule has 1 rings (SSSR count). The molecule has 0 aliphatic rings. The smallest absolute Gasteiger partial charge is 0.407 e. The van der Waals surface area contributed by atoms with E-state index < -0.39 is 6.09 Å². The number of aromatic nitrogens is 3. The summed E-state index contributed by atoms with van der Waals surface area (Å²) in [7, 11) is 0. The SMILES string of the molecule is CCCOCCOC(=O)NCc1cn(CCOCCOC(=O)CC)nn1. The summed E-state index contributed by atoms with van der Waals surface area (Å²) >= 11 is 0. The Labute approximate surface area is 153 Å². The molecule has 0 atom stereocenters. The third kappa shape index (κ3) is 10.6. The van der Waals surface area contributed by atoms with Gasteiger partial charge in [-0.05, 0) is 6.42 Å². The quantitative estimate of drug-likeness (QED) is 0.378. The second-order valence-corrected chi connectivity index (χ2v) is 5.26. The van der Waals surface area contributed by atoms with Gasteiger partial charge in [0.25, 0.3) is 0 Å². The van der Waals surface area contributed by atoms with Crippen molar-refractivity contribution in [3.8, 4) is 0 Å². The van der Waals surface area contributed by atoms with Crippen LogP contribution in [-0.4, -0.2) is 66.7 Å². The van der Waals surface area contributed by atoms with E-state index >= 15 is 0 Å². The van der Waals surface area contributed by atoms with Gasteiger partial charge < -0.3 is 24.3 Å². The molecule has 0 bridgehead atoms. The van der Waals surface area contributed by atoms with Gasteiger partial charge >= 0.3 is 12.1 Å². The number of carbonyl (C=O) groups excluding carboxylic acids is 2. The lowest BCUT2D eigenvalue weighted by Crippen LogP contribution is -2.25. The van der Waals surface area contributed by atoms with Crippen LogP contribution in [0, 0.1) is 0 Å². The van der Waals surface area contributed by atoms with Crippen LogP contribution in [0.2, 0.25) is 0 Å². The molecule has 0 saturated heterocycles. The highest BCUT2D eigenvalue weighted by molar-refractivity contribution is 5.68. The summed E-state index contributed by atoms with van der Waals surface area (Å²) in [5.41, 5.74) is 0.612. The van der Waals surface area contributed by atoms with E-state index in [-0.39, 0.29) is 25.7 Å². The molecule has 26 heavy (non-hydrogen) atoms. The molecule has 148 valence electrons. The maximum absolute atomic E-state index is 11.5. The van der Waals surface area contributed by atoms with Crippen LogP contribution >= 0.6 is 0 Å². The van der Waals surface area contributed by atoms with Gasteiger partial charge in [-0.3, -0.25) is 4.79 Å². The van der Waals surface area contributed by atoms with E-state index in [2.05, 4.69) is 15.6 Å². The molecule has 0 saturated carbocycles. The molecule has 0 radical (unpaired) electrons. The zero-order chi connectivity index (χ0) is 19.0. The maximum Gasteiger partial charge on any atom is 0.407 e. The van der Waals surface area contributed by atoms with Gasteiger partial charge in [-0.25, -0.2) is 9.48 Å². The Bertz CT molecular complexity index is 523. The van der Waals surface area contributed by atoms with Gasteiger partial charge in [0, 0.05) is 13.0 Å². The normalized spacial score (nSPS) is 10.5. The molecule has 0 fully saturated rings. The third-order valence-corrected chi connectivity index (χ3v) is 3.05. The number of rotatable bonds is 14. The van der Waals surface area contributed by atoms with E-state index in [4.69, 9.17) is 18.9 Å². The van der Waals surface area contributed by atoms with Crippen LogP contribution < -0.4 is 5.32 Å². The fourth-order valence-electron chi connectivity index (χ4n) is 1.76. The molecule has 0 aliphatic heterocycles. The number of ether oxygens (including phenoxy) is 4. The van der Waals surface area contributed by atoms with E-state index in [9.17, 15) is 9.59 Å². The fourth-order valence-corrected chi connectivity index (χ4v) is 1.76. The van der Waals surface area contributed by atoms with Gasteiger partial charge in [0.2, 0.25) is 0 Å². The topological polar surface area (TPSA) is 114 Å². The molecule has 1 aromatic heterocycles. The Morgan fingerprint density at radius 2 is 1.77 bits per heavy atom. The lowest BCUT2D eigenvalue weighted by Gasteiger charge is -2.06. The molecule has 1 N–H and O–H groups in total. The van der Waals surface area contributed by atoms with Gasteiger partial charge in [0.05, 0.1) is 39.1 Å². The number of amides is 1. The number of carbonyl (C=O) groups is 2. The summed E-state index contributed by atoms with van der Waals surface area (Å²) in [5, 5.41) is 10.5. The van der Waals surface area contributed by atoms with Crippen LogP contribution in [0.5, 0.6) is 0 Å². The Balaban J connectivity index is 2.07. The van der Waals surface area contributed by atoms with Crippen molar-refractivity contribution in [2.24, 2.45) is 0 Å². The van der Waals surface area contributed by atoms with Crippen molar-refractivity contribution in [2.75, 3.05) is 39.6 Å². The number of alkyl carbamates (subject to hydrolysis) is 1. The summed E-state index contributed by atoms with van der Waals surface area (Å²) in [6.07, 6.45) is 2.48. The first-order chi connectivity index (χ1) is 12.7. The number of nitrogens with zero attached hydrogens (tertiary/aromatic N) is 3. The van der Waals surface area contributed by atoms with Crippen molar-refractivity contribution < 1.29 is 28.5 Å². The Hall–Kier alpha value is -2.20. The Morgan fingerprint density at radius 1 is 1.04 bits per heavy atom. The summed E-state index contributed by atoms with van der Waals surface area (Å²) in [4.78, 5) is 22.4. The number of hydrogen-bond acceptors (Lipinski definition) is 8. The minimum atomic E-state index is -0.524. The van der Waals surface area contributed by atoms with Crippen molar-refractivity contribution in [2.45, 2.75) is 39.8 Å². The summed E-state index contributed by atoms with van der Waals surface area (Å²) in [6, 6.07) is 0. The van der Waals surface area contributed by atoms with Gasteiger partial charge in [-0.2, -0.15) is 0 Å². The first-order valence-corrected chi connectivity index (χ1v) is 8.76. The number of esters is 1. The highest BCUT2D eigenvalue weighted by atomic mass is 16.6. The third-order valence-electron chi connectivity index (χ3n) is 3.05. The fraction of sp³-hybridized carbons (Fsp3) is 0.750. The maximum atomic E-state index is 11.5. The minimum Gasteiger partial charge on any atom is -0.463 e. The molecule has 1 aromatic rings. The number of nitrogens with one attached hydrogen (secondary N) is 1. The van der Waals surface area contributed by atoms with Gasteiger partial charge in [-0.1, -0.05) is 19.1 Å². The average Bonchev–Trinajstić information content (AvgIpc) is 3.10. The van der Waals surface area contributed by atoms with Crippen LogP contribution in [0.25, 0.3) is 0 Å². The van der Waals surface area contributed by atoms with Crippen molar-refractivity contribution in [3.63, 3.8) is 0 Å². The molecular formula is C16H28N4O6. The van der Waals surface area contributed by atoms with E-state index in [1.54, 1.807) is 17.8 Å². The van der Waals surface area contributed by atoms with Crippen LogP contribution in [0.15, 0.2) is 6.20 Å². The van der Waals surface area contributed by atoms with Crippen LogP contribution in [0.3, 0.4) is 0 Å². The largest absolute Gasteiger partial charge is 0.463 e. The highest BCUT2D eigenvalue weighted by Crippen LogP contribution is 1.94. The van der Waals surface area contributed by atoms with Crippen LogP contribution in [0.4, 0.5) is 4.79 Å². The predicted molar refractivity (Wildman–Crippen MR) is 91.4 cm³/mol. The molecule has 1 heterocycles. The summed E-state index contributed by atoms with van der Waals surface area (Å²) < 4.78 is 22.0. The Morgan fingerprint density at radius 3 is 2.50 bits per heavy atom. The lowest BCUT2D eigenvalue weighted by molar-refractivity contribution is -0.144. The predicted octanol–water partition coefficient (Wildman–Crippen LogP) is 0.901. The second-order valence-electron chi connectivity index (χ2n) is 5.26. The second kappa shape index (κ2) is 14.0. The van der Waals surface area contributed by atoms with Crippen molar-refractivity contribution >= 4 is 12.1 Å². The first kappa shape index (κ1) is 21.8. The van der Waals surface area contributed by atoms with E-state index in [0.717, 1.165) is 6.42 Å². The zero-order valence-corrected chi connectivity index (χ0v) is 15.4. The first-order valence-electron chi connectivity index (χ1n) is 8.76. The number of hydrogen-bond donors (Lipinski definition) is 1. The molecule has 1 amide bonds. The summed E-state index contributed by atoms with van der Waals surface area (Å²) in [6.45, 7) is 6.73. The van der Waals surface area contributed by atoms with Crippen LogP contribution in [-0.2, 0) is 36.8 Å². The minimum absolute atomic E-state index is 0.212. The van der Waals surface area contributed by atoms with E-state index in [1.165, 1.54) is 0 Å². The van der Waals surface area contributed by atoms with Crippen molar-refractivity contribution in [3.05, 3.63) is 11.9 Å². The summed E-state index contributed by atoms with van der Waals surface area (Å²) in [5.74, 6) is -0.242. The van der Waals surface area contributed by atoms with E-state index in [0.29, 0.717) is 45.1 Å². The lowest BCUT2D eigenvalue weighted by atomic mass is 10.5. The van der Waals surface area contributed by atoms with E-state index in [1.807, 2.05) is 6.92 Å². The zero-order valence-electron chi connectivity index (χ0n) is 15.4. The average molecular weight is 372 g/mol.